The molecule has 3 heteroatoms. The van der Waals surface area contributed by atoms with Gasteiger partial charge in [-0.3, -0.25) is 4.79 Å². The van der Waals surface area contributed by atoms with Gasteiger partial charge in [0.15, 0.2) is 0 Å². The molecule has 0 unspecified atom stereocenters. The van der Waals surface area contributed by atoms with Gasteiger partial charge in [0, 0.05) is 11.4 Å². The molecule has 2 rings (SSSR count). The molecule has 0 saturated carbocycles. The predicted molar refractivity (Wildman–Crippen MR) is 84.9 cm³/mol. The minimum Gasteiger partial charge on any atom is -0.355 e. The fourth-order valence-corrected chi connectivity index (χ4v) is 2.79. The number of rotatable bonds is 6. The summed E-state index contributed by atoms with van der Waals surface area (Å²) in [7, 11) is 0. The second-order valence-corrected chi connectivity index (χ2v) is 6.01. The van der Waals surface area contributed by atoms with Gasteiger partial charge < -0.3 is 5.32 Å². The van der Waals surface area contributed by atoms with E-state index in [-0.39, 0.29) is 11.2 Å². The first kappa shape index (κ1) is 14.7. The van der Waals surface area contributed by atoms with Crippen LogP contribution < -0.4 is 5.32 Å². The molecule has 0 aliphatic heterocycles. The average Bonchev–Trinajstić information content (AvgIpc) is 2.49. The van der Waals surface area contributed by atoms with Crippen molar-refractivity contribution in [2.75, 3.05) is 6.54 Å². The fraction of sp³-hybridized carbons (Fsp3) is 0.235. The van der Waals surface area contributed by atoms with Gasteiger partial charge in [0.2, 0.25) is 5.91 Å². The van der Waals surface area contributed by atoms with E-state index in [0.717, 1.165) is 11.3 Å². The molecule has 2 aromatic rings. The van der Waals surface area contributed by atoms with Crippen molar-refractivity contribution >= 4 is 17.7 Å². The maximum atomic E-state index is 12.0. The van der Waals surface area contributed by atoms with Gasteiger partial charge in [0.05, 0.1) is 5.25 Å². The average molecular weight is 285 g/mol. The molecule has 0 saturated heterocycles. The smallest absolute Gasteiger partial charge is 0.233 e. The van der Waals surface area contributed by atoms with Crippen LogP contribution in [0, 0.1) is 0 Å². The van der Waals surface area contributed by atoms with Crippen molar-refractivity contribution in [3.05, 3.63) is 66.2 Å². The van der Waals surface area contributed by atoms with Crippen LogP contribution in [0.3, 0.4) is 0 Å². The third-order valence-electron chi connectivity index (χ3n) is 2.98. The molecule has 0 radical (unpaired) electrons. The zero-order valence-corrected chi connectivity index (χ0v) is 12.4. The summed E-state index contributed by atoms with van der Waals surface area (Å²) in [4.78, 5) is 13.1. The highest BCUT2D eigenvalue weighted by molar-refractivity contribution is 8.00. The molecule has 0 heterocycles. The lowest BCUT2D eigenvalue weighted by atomic mass is 10.1. The standard InChI is InChI=1S/C17H19NOS/c1-14(20-16-10-6-3-7-11-16)17(19)18-13-12-15-8-4-2-5-9-15/h2-11,14H,12-13H2,1H3,(H,18,19)/t14-/m1/s1. The maximum Gasteiger partial charge on any atom is 0.233 e. The Balaban J connectivity index is 1.74. The lowest BCUT2D eigenvalue weighted by Crippen LogP contribution is -2.32. The Hall–Kier alpha value is -1.74. The van der Waals surface area contributed by atoms with Crippen LogP contribution in [-0.2, 0) is 11.2 Å². The topological polar surface area (TPSA) is 29.1 Å². The van der Waals surface area contributed by atoms with Crippen molar-refractivity contribution in [3.8, 4) is 0 Å². The van der Waals surface area contributed by atoms with Gasteiger partial charge in [0.25, 0.3) is 0 Å². The number of benzene rings is 2. The molecule has 2 aromatic carbocycles. The van der Waals surface area contributed by atoms with Crippen LogP contribution in [0.5, 0.6) is 0 Å². The Labute approximate surface area is 124 Å². The number of carbonyl (C=O) groups is 1. The second-order valence-electron chi connectivity index (χ2n) is 4.60. The van der Waals surface area contributed by atoms with Crippen LogP contribution in [-0.4, -0.2) is 17.7 Å². The summed E-state index contributed by atoms with van der Waals surface area (Å²) in [5.41, 5.74) is 1.25. The number of hydrogen-bond acceptors (Lipinski definition) is 2. The quantitative estimate of drug-likeness (QED) is 0.823. The highest BCUT2D eigenvalue weighted by Crippen LogP contribution is 2.22. The number of carbonyl (C=O) groups excluding carboxylic acids is 1. The van der Waals surface area contributed by atoms with E-state index in [4.69, 9.17) is 0 Å². The van der Waals surface area contributed by atoms with E-state index in [0.29, 0.717) is 6.54 Å². The Morgan fingerprint density at radius 3 is 2.30 bits per heavy atom. The van der Waals surface area contributed by atoms with Crippen molar-refractivity contribution in [3.63, 3.8) is 0 Å². The molecule has 1 N–H and O–H groups in total. The lowest BCUT2D eigenvalue weighted by Gasteiger charge is -2.12. The number of hydrogen-bond donors (Lipinski definition) is 1. The molecule has 0 aromatic heterocycles. The van der Waals surface area contributed by atoms with Crippen molar-refractivity contribution in [2.24, 2.45) is 0 Å². The first-order valence-electron chi connectivity index (χ1n) is 6.79. The van der Waals surface area contributed by atoms with Gasteiger partial charge in [-0.05, 0) is 31.0 Å². The van der Waals surface area contributed by atoms with E-state index in [1.54, 1.807) is 11.8 Å². The Kier molecular flexibility index (Phi) is 5.69. The Morgan fingerprint density at radius 2 is 1.65 bits per heavy atom. The lowest BCUT2D eigenvalue weighted by molar-refractivity contribution is -0.120. The molecule has 0 aliphatic carbocycles. The molecule has 0 fully saturated rings. The van der Waals surface area contributed by atoms with Crippen molar-refractivity contribution in [1.82, 2.24) is 5.32 Å². The summed E-state index contributed by atoms with van der Waals surface area (Å²) >= 11 is 1.59. The van der Waals surface area contributed by atoms with Crippen molar-refractivity contribution in [2.45, 2.75) is 23.5 Å². The summed E-state index contributed by atoms with van der Waals surface area (Å²) in [6.45, 7) is 2.62. The van der Waals surface area contributed by atoms with Crippen molar-refractivity contribution in [1.29, 1.82) is 0 Å². The van der Waals surface area contributed by atoms with E-state index in [2.05, 4.69) is 17.4 Å². The molecule has 2 nitrogen and oxygen atoms in total. The van der Waals surface area contributed by atoms with Gasteiger partial charge >= 0.3 is 0 Å². The third-order valence-corrected chi connectivity index (χ3v) is 4.09. The molecule has 104 valence electrons. The van der Waals surface area contributed by atoms with E-state index in [9.17, 15) is 4.79 Å². The maximum absolute atomic E-state index is 12.0. The normalized spacial score (nSPS) is 11.8. The first-order valence-corrected chi connectivity index (χ1v) is 7.67. The molecule has 0 bridgehead atoms. The molecular formula is C17H19NOS. The molecule has 0 aliphatic rings. The minimum atomic E-state index is -0.0758. The summed E-state index contributed by atoms with van der Waals surface area (Å²) < 4.78 is 0. The summed E-state index contributed by atoms with van der Waals surface area (Å²) in [5.74, 6) is 0.0924. The van der Waals surface area contributed by atoms with Crippen LogP contribution in [0.25, 0.3) is 0 Å². The van der Waals surface area contributed by atoms with Crippen LogP contribution >= 0.6 is 11.8 Å². The molecule has 1 atom stereocenters. The minimum absolute atomic E-state index is 0.0758. The molecule has 1 amide bonds. The van der Waals surface area contributed by atoms with Crippen LogP contribution in [0.15, 0.2) is 65.6 Å². The van der Waals surface area contributed by atoms with Gasteiger partial charge in [-0.2, -0.15) is 0 Å². The van der Waals surface area contributed by atoms with Crippen LogP contribution in [0.4, 0.5) is 0 Å². The zero-order valence-electron chi connectivity index (χ0n) is 11.6. The third kappa shape index (κ3) is 4.74. The van der Waals surface area contributed by atoms with Gasteiger partial charge in [-0.1, -0.05) is 48.5 Å². The van der Waals surface area contributed by atoms with Crippen molar-refractivity contribution < 1.29 is 4.79 Å². The fourth-order valence-electron chi connectivity index (χ4n) is 1.88. The predicted octanol–water partition coefficient (Wildman–Crippen LogP) is 3.53. The second kappa shape index (κ2) is 7.75. The van der Waals surface area contributed by atoms with E-state index < -0.39 is 0 Å². The zero-order chi connectivity index (χ0) is 14.2. The molecule has 20 heavy (non-hydrogen) atoms. The summed E-state index contributed by atoms with van der Waals surface area (Å²) in [5, 5.41) is 2.92. The SMILES string of the molecule is C[C@@H](Sc1ccccc1)C(=O)NCCc1ccccc1. The largest absolute Gasteiger partial charge is 0.355 e. The summed E-state index contributed by atoms with van der Waals surface area (Å²) in [6, 6.07) is 20.2. The monoisotopic (exact) mass is 285 g/mol. The number of amides is 1. The molecular weight excluding hydrogens is 266 g/mol. The number of thioether (sulfide) groups is 1. The van der Waals surface area contributed by atoms with Gasteiger partial charge in [-0.25, -0.2) is 0 Å². The number of nitrogens with one attached hydrogen (secondary N) is 1. The highest BCUT2D eigenvalue weighted by atomic mass is 32.2. The van der Waals surface area contributed by atoms with E-state index >= 15 is 0 Å². The van der Waals surface area contributed by atoms with Crippen LogP contribution in [0.1, 0.15) is 12.5 Å². The van der Waals surface area contributed by atoms with Gasteiger partial charge in [0.1, 0.15) is 0 Å². The van der Waals surface area contributed by atoms with E-state index in [1.807, 2.05) is 55.5 Å². The summed E-state index contributed by atoms with van der Waals surface area (Å²) in [6.07, 6.45) is 0.870. The highest BCUT2D eigenvalue weighted by Gasteiger charge is 2.13. The van der Waals surface area contributed by atoms with E-state index in [1.165, 1.54) is 5.56 Å². The molecule has 0 spiro atoms. The van der Waals surface area contributed by atoms with Crippen LogP contribution in [0.2, 0.25) is 0 Å². The van der Waals surface area contributed by atoms with Gasteiger partial charge in [-0.15, -0.1) is 11.8 Å². The first-order chi connectivity index (χ1) is 9.75. The Morgan fingerprint density at radius 1 is 1.05 bits per heavy atom. The Bertz CT molecular complexity index is 527.